The lowest BCUT2D eigenvalue weighted by Gasteiger charge is -2.31. The van der Waals surface area contributed by atoms with Crippen molar-refractivity contribution < 1.29 is 26.3 Å². The number of halogens is 6. The van der Waals surface area contributed by atoms with Gasteiger partial charge in [0.15, 0.2) is 0 Å². The Labute approximate surface area is 79.4 Å². The Kier molecular flexibility index (Phi) is 2.41. The van der Waals surface area contributed by atoms with Gasteiger partial charge in [0, 0.05) is 0 Å². The lowest BCUT2D eigenvalue weighted by molar-refractivity contribution is -0.301. The van der Waals surface area contributed by atoms with Crippen LogP contribution in [0.3, 0.4) is 0 Å². The summed E-state index contributed by atoms with van der Waals surface area (Å²) in [5.41, 5.74) is -4.37. The fourth-order valence-electron chi connectivity index (χ4n) is 1.24. The van der Waals surface area contributed by atoms with Crippen LogP contribution in [0, 0.1) is 17.2 Å². The number of azo groups is 1. The molecule has 0 spiro atoms. The Balaban J connectivity index is 3.33. The number of hydrogen-bond acceptors (Lipinski definition) is 3. The van der Waals surface area contributed by atoms with Gasteiger partial charge in [0.25, 0.3) is 5.54 Å². The van der Waals surface area contributed by atoms with Crippen molar-refractivity contribution in [2.24, 2.45) is 16.1 Å². The average Bonchev–Trinajstić information content (AvgIpc) is 2.44. The summed E-state index contributed by atoms with van der Waals surface area (Å²) in [5, 5.41) is 13.2. The molecule has 0 radical (unpaired) electrons. The van der Waals surface area contributed by atoms with Crippen molar-refractivity contribution >= 4 is 0 Å². The first kappa shape index (κ1) is 11.7. The molecule has 84 valence electrons. The third kappa shape index (κ3) is 1.44. The van der Waals surface area contributed by atoms with Gasteiger partial charge in [-0.1, -0.05) is 0 Å². The number of nitriles is 1. The topological polar surface area (TPSA) is 48.5 Å². The van der Waals surface area contributed by atoms with E-state index >= 15 is 0 Å². The van der Waals surface area contributed by atoms with E-state index in [-0.39, 0.29) is 0 Å². The maximum atomic E-state index is 12.3. The summed E-state index contributed by atoms with van der Waals surface area (Å²) in [4.78, 5) is 0. The molecule has 1 rings (SSSR count). The normalized spacial score (nSPS) is 25.3. The van der Waals surface area contributed by atoms with E-state index in [2.05, 4.69) is 10.2 Å². The van der Waals surface area contributed by atoms with E-state index in [0.29, 0.717) is 0 Å². The van der Waals surface area contributed by atoms with Gasteiger partial charge in [-0.15, -0.1) is 0 Å². The van der Waals surface area contributed by atoms with Gasteiger partial charge in [-0.05, 0) is 0 Å². The Morgan fingerprint density at radius 2 is 1.60 bits per heavy atom. The molecule has 0 bridgehead atoms. The lowest BCUT2D eigenvalue weighted by Crippen LogP contribution is -2.58. The van der Waals surface area contributed by atoms with Crippen LogP contribution in [0.2, 0.25) is 0 Å². The predicted molar refractivity (Wildman–Crippen MR) is 33.7 cm³/mol. The number of hydrogen-bond donors (Lipinski definition) is 0. The molecule has 1 aliphatic rings. The molecule has 0 aromatic heterocycles. The maximum Gasteiger partial charge on any atom is 0.425 e. The molecule has 1 atom stereocenters. The van der Waals surface area contributed by atoms with E-state index in [1.165, 1.54) is 0 Å². The molecule has 1 aliphatic heterocycles. The summed E-state index contributed by atoms with van der Waals surface area (Å²) >= 11 is 0. The highest BCUT2D eigenvalue weighted by molar-refractivity contribution is 5.15. The highest BCUT2D eigenvalue weighted by atomic mass is 19.4. The quantitative estimate of drug-likeness (QED) is 0.590. The minimum atomic E-state index is -5.67. The van der Waals surface area contributed by atoms with Crippen molar-refractivity contribution in [2.45, 2.75) is 17.9 Å². The van der Waals surface area contributed by atoms with Gasteiger partial charge >= 0.3 is 12.4 Å². The van der Waals surface area contributed by atoms with Gasteiger partial charge in [-0.2, -0.15) is 41.8 Å². The predicted octanol–water partition coefficient (Wildman–Crippen LogP) is 2.46. The van der Waals surface area contributed by atoms with Crippen LogP contribution in [0.15, 0.2) is 10.2 Å². The van der Waals surface area contributed by atoms with Gasteiger partial charge in [-0.25, -0.2) is 0 Å². The fourth-order valence-corrected chi connectivity index (χ4v) is 1.24. The zero-order chi connectivity index (χ0) is 11.9. The van der Waals surface area contributed by atoms with Crippen LogP contribution in [-0.2, 0) is 0 Å². The van der Waals surface area contributed by atoms with Crippen molar-refractivity contribution in [1.29, 1.82) is 5.26 Å². The average molecular weight is 231 g/mol. The highest BCUT2D eigenvalue weighted by Crippen LogP contribution is 2.52. The molecule has 0 saturated heterocycles. The summed E-state index contributed by atoms with van der Waals surface area (Å²) in [6.07, 6.45) is -11.3. The summed E-state index contributed by atoms with van der Waals surface area (Å²) in [7, 11) is 0. The van der Waals surface area contributed by atoms with Crippen LogP contribution in [0.25, 0.3) is 0 Å². The summed E-state index contributed by atoms with van der Waals surface area (Å²) in [6, 6.07) is 0.940. The van der Waals surface area contributed by atoms with E-state index < -0.39 is 30.4 Å². The second-order valence-corrected chi connectivity index (χ2v) is 2.87. The molecular weight excluding hydrogens is 228 g/mol. The Hall–Kier alpha value is -1.33. The first-order chi connectivity index (χ1) is 6.67. The van der Waals surface area contributed by atoms with Gasteiger partial charge < -0.3 is 0 Å². The van der Waals surface area contributed by atoms with Crippen LogP contribution < -0.4 is 0 Å². The molecular formula is C6H3F6N3. The monoisotopic (exact) mass is 231 g/mol. The SMILES string of the molecule is N#CC1CN=NC1(C(F)(F)F)C(F)(F)F. The van der Waals surface area contributed by atoms with E-state index in [1.807, 2.05) is 0 Å². The third-order valence-electron chi connectivity index (χ3n) is 2.02. The van der Waals surface area contributed by atoms with Crippen molar-refractivity contribution in [2.75, 3.05) is 6.54 Å². The molecule has 0 aromatic carbocycles. The molecule has 0 aromatic rings. The largest absolute Gasteiger partial charge is 0.425 e. The second kappa shape index (κ2) is 3.08. The van der Waals surface area contributed by atoms with Gasteiger partial charge in [0.1, 0.15) is 5.92 Å². The molecule has 1 heterocycles. The molecule has 3 nitrogen and oxygen atoms in total. The Morgan fingerprint density at radius 3 is 1.87 bits per heavy atom. The maximum absolute atomic E-state index is 12.3. The van der Waals surface area contributed by atoms with Gasteiger partial charge in [0.2, 0.25) is 0 Å². The van der Waals surface area contributed by atoms with E-state index in [9.17, 15) is 26.3 Å². The van der Waals surface area contributed by atoms with Crippen LogP contribution in [0.5, 0.6) is 0 Å². The molecule has 0 saturated carbocycles. The van der Waals surface area contributed by atoms with Crippen molar-refractivity contribution in [3.05, 3.63) is 0 Å². The van der Waals surface area contributed by atoms with Gasteiger partial charge in [0.05, 0.1) is 12.6 Å². The summed E-state index contributed by atoms with van der Waals surface area (Å²) in [5.74, 6) is -2.35. The Morgan fingerprint density at radius 1 is 1.13 bits per heavy atom. The Bertz CT molecular complexity index is 307. The molecule has 0 N–H and O–H groups in total. The summed E-state index contributed by atoms with van der Waals surface area (Å²) < 4.78 is 73.9. The van der Waals surface area contributed by atoms with Crippen molar-refractivity contribution in [3.8, 4) is 6.07 Å². The van der Waals surface area contributed by atoms with E-state index in [4.69, 9.17) is 5.26 Å². The third-order valence-corrected chi connectivity index (χ3v) is 2.02. The van der Waals surface area contributed by atoms with E-state index in [0.717, 1.165) is 6.07 Å². The van der Waals surface area contributed by atoms with Crippen molar-refractivity contribution in [3.63, 3.8) is 0 Å². The highest BCUT2D eigenvalue weighted by Gasteiger charge is 2.77. The molecule has 0 amide bonds. The van der Waals surface area contributed by atoms with Crippen molar-refractivity contribution in [1.82, 2.24) is 0 Å². The first-order valence-corrected chi connectivity index (χ1v) is 3.58. The molecule has 15 heavy (non-hydrogen) atoms. The van der Waals surface area contributed by atoms with Crippen LogP contribution in [0.1, 0.15) is 0 Å². The minimum absolute atomic E-state index is 0.893. The van der Waals surface area contributed by atoms with Crippen LogP contribution in [0.4, 0.5) is 26.3 Å². The van der Waals surface area contributed by atoms with Crippen LogP contribution in [-0.4, -0.2) is 24.4 Å². The van der Waals surface area contributed by atoms with Crippen LogP contribution >= 0.6 is 0 Å². The standard InChI is InChI=1S/C6H3F6N3/c7-5(8,9)4(6(10,11)12)3(1-13)2-14-15-4/h3H,2H2. The number of rotatable bonds is 0. The molecule has 9 heteroatoms. The smallest absolute Gasteiger partial charge is 0.198 e. The molecule has 1 unspecified atom stereocenters. The zero-order valence-corrected chi connectivity index (χ0v) is 6.89. The first-order valence-electron chi connectivity index (χ1n) is 3.58. The van der Waals surface area contributed by atoms with E-state index in [1.54, 1.807) is 0 Å². The number of alkyl halides is 6. The second-order valence-electron chi connectivity index (χ2n) is 2.87. The molecule has 0 fully saturated rings. The minimum Gasteiger partial charge on any atom is -0.198 e. The number of nitrogens with zero attached hydrogens (tertiary/aromatic N) is 3. The zero-order valence-electron chi connectivity index (χ0n) is 6.89. The molecule has 0 aliphatic carbocycles. The lowest BCUT2D eigenvalue weighted by atomic mass is 9.85. The summed E-state index contributed by atoms with van der Waals surface area (Å²) in [6.45, 7) is -0.893. The fraction of sp³-hybridized carbons (Fsp3) is 0.833. The van der Waals surface area contributed by atoms with Gasteiger partial charge in [-0.3, -0.25) is 0 Å².